The number of hydrogen-bond acceptors (Lipinski definition) is 6. The largest absolute Gasteiger partial charge is 0.573 e. The summed E-state index contributed by atoms with van der Waals surface area (Å²) >= 11 is 0. The fraction of sp³-hybridized carbons (Fsp3) is 0.286. The lowest BCUT2D eigenvalue weighted by Gasteiger charge is -2.20. The maximum atomic E-state index is 12.3. The Morgan fingerprint density at radius 2 is 2.04 bits per heavy atom. The van der Waals surface area contributed by atoms with Crippen LogP contribution in [0.3, 0.4) is 0 Å². The molecule has 1 aliphatic heterocycles. The molecule has 0 atom stereocenters. The van der Waals surface area contributed by atoms with E-state index in [4.69, 9.17) is 11.5 Å². The monoisotopic (exact) mass is 325 g/mol. The van der Waals surface area contributed by atoms with Gasteiger partial charge in [-0.2, -0.15) is 4.98 Å². The van der Waals surface area contributed by atoms with Crippen molar-refractivity contribution in [2.24, 2.45) is 0 Å². The fourth-order valence-electron chi connectivity index (χ4n) is 2.57. The molecule has 0 fully saturated rings. The van der Waals surface area contributed by atoms with Gasteiger partial charge in [-0.05, 0) is 30.2 Å². The van der Waals surface area contributed by atoms with E-state index < -0.39 is 6.36 Å². The van der Waals surface area contributed by atoms with Gasteiger partial charge in [0.05, 0.1) is 0 Å². The summed E-state index contributed by atoms with van der Waals surface area (Å²) in [6, 6.07) is 4.32. The van der Waals surface area contributed by atoms with Crippen LogP contribution in [-0.2, 0) is 13.0 Å². The van der Waals surface area contributed by atoms with E-state index >= 15 is 0 Å². The highest BCUT2D eigenvalue weighted by Crippen LogP contribution is 2.34. The van der Waals surface area contributed by atoms with Crippen LogP contribution in [0.4, 0.5) is 30.6 Å². The second-order valence-electron chi connectivity index (χ2n) is 5.15. The van der Waals surface area contributed by atoms with E-state index in [0.717, 1.165) is 11.3 Å². The molecule has 2 aromatic rings. The van der Waals surface area contributed by atoms with Crippen LogP contribution in [0.2, 0.25) is 0 Å². The van der Waals surface area contributed by atoms with Gasteiger partial charge in [0.1, 0.15) is 11.6 Å². The molecule has 0 radical (unpaired) electrons. The predicted molar refractivity (Wildman–Crippen MR) is 78.7 cm³/mol. The van der Waals surface area contributed by atoms with E-state index in [0.29, 0.717) is 30.9 Å². The van der Waals surface area contributed by atoms with Gasteiger partial charge in [-0.15, -0.1) is 13.2 Å². The van der Waals surface area contributed by atoms with E-state index in [-0.39, 0.29) is 11.7 Å². The molecule has 1 aliphatic rings. The standard InChI is InChI=1S/C14H14F3N5O/c15-14(16,17)23-10-1-2-11-8(5-10)3-4-22(11)7-9-6-20-13(19)21-12(9)18/h1-2,5-6H,3-4,7H2,(H4,18,19,20,21). The van der Waals surface area contributed by atoms with Crippen molar-refractivity contribution in [1.29, 1.82) is 0 Å². The summed E-state index contributed by atoms with van der Waals surface area (Å²) in [5, 5.41) is 0. The zero-order chi connectivity index (χ0) is 16.6. The molecule has 0 unspecified atom stereocenters. The van der Waals surface area contributed by atoms with Gasteiger partial charge in [0.15, 0.2) is 0 Å². The molecule has 0 bridgehead atoms. The molecule has 0 saturated heterocycles. The van der Waals surface area contributed by atoms with Gasteiger partial charge in [-0.3, -0.25) is 0 Å². The number of halogens is 3. The Hall–Kier alpha value is -2.71. The molecule has 122 valence electrons. The minimum atomic E-state index is -4.69. The van der Waals surface area contributed by atoms with Gasteiger partial charge in [-0.1, -0.05) is 0 Å². The zero-order valence-corrected chi connectivity index (χ0v) is 12.0. The van der Waals surface area contributed by atoms with Crippen LogP contribution in [0.15, 0.2) is 24.4 Å². The minimum absolute atomic E-state index is 0.0991. The number of nitrogens with two attached hydrogens (primary N) is 2. The van der Waals surface area contributed by atoms with Gasteiger partial charge in [0.25, 0.3) is 0 Å². The number of nitrogen functional groups attached to an aromatic ring is 2. The number of benzene rings is 1. The van der Waals surface area contributed by atoms with Crippen molar-refractivity contribution in [3.8, 4) is 5.75 Å². The summed E-state index contributed by atoms with van der Waals surface area (Å²) in [6.07, 6.45) is -2.51. The van der Waals surface area contributed by atoms with Crippen LogP contribution in [0, 0.1) is 0 Å². The Labute approximate surface area is 129 Å². The first-order valence-electron chi connectivity index (χ1n) is 6.82. The number of hydrogen-bond donors (Lipinski definition) is 2. The third kappa shape index (κ3) is 3.38. The average Bonchev–Trinajstić information content (AvgIpc) is 2.82. The van der Waals surface area contributed by atoms with Gasteiger partial charge < -0.3 is 21.1 Å². The lowest BCUT2D eigenvalue weighted by molar-refractivity contribution is -0.274. The van der Waals surface area contributed by atoms with E-state index in [1.54, 1.807) is 12.3 Å². The summed E-state index contributed by atoms with van der Waals surface area (Å²) in [7, 11) is 0. The highest BCUT2D eigenvalue weighted by Gasteiger charge is 2.32. The molecule has 23 heavy (non-hydrogen) atoms. The minimum Gasteiger partial charge on any atom is -0.406 e. The van der Waals surface area contributed by atoms with Crippen molar-refractivity contribution in [2.75, 3.05) is 22.9 Å². The Kier molecular flexibility index (Phi) is 3.63. The first-order valence-corrected chi connectivity index (χ1v) is 6.82. The number of fused-ring (bicyclic) bond motifs is 1. The van der Waals surface area contributed by atoms with E-state index in [1.807, 2.05) is 4.90 Å². The molecule has 0 saturated carbocycles. The van der Waals surface area contributed by atoms with E-state index in [2.05, 4.69) is 14.7 Å². The summed E-state index contributed by atoms with van der Waals surface area (Å²) in [6.45, 7) is 1.12. The molecular formula is C14H14F3N5O. The first-order chi connectivity index (χ1) is 10.8. The molecule has 4 N–H and O–H groups in total. The van der Waals surface area contributed by atoms with Gasteiger partial charge in [0.2, 0.25) is 5.95 Å². The smallest absolute Gasteiger partial charge is 0.406 e. The fourth-order valence-corrected chi connectivity index (χ4v) is 2.57. The molecule has 6 nitrogen and oxygen atoms in total. The second kappa shape index (κ2) is 5.49. The van der Waals surface area contributed by atoms with Gasteiger partial charge in [0, 0.05) is 30.5 Å². The number of rotatable bonds is 3. The Morgan fingerprint density at radius 3 is 2.74 bits per heavy atom. The maximum Gasteiger partial charge on any atom is 0.573 e. The van der Waals surface area contributed by atoms with Gasteiger partial charge in [-0.25, -0.2) is 4.98 Å². The molecule has 1 aromatic heterocycles. The van der Waals surface area contributed by atoms with Crippen LogP contribution >= 0.6 is 0 Å². The van der Waals surface area contributed by atoms with Crippen molar-refractivity contribution in [1.82, 2.24) is 9.97 Å². The second-order valence-corrected chi connectivity index (χ2v) is 5.15. The van der Waals surface area contributed by atoms with Gasteiger partial charge >= 0.3 is 6.36 Å². The Morgan fingerprint density at radius 1 is 1.26 bits per heavy atom. The predicted octanol–water partition coefficient (Wildman–Crippen LogP) is 2.10. The highest BCUT2D eigenvalue weighted by molar-refractivity contribution is 5.61. The topological polar surface area (TPSA) is 90.3 Å². The molecule has 0 amide bonds. The Balaban J connectivity index is 1.79. The number of alkyl halides is 3. The van der Waals surface area contributed by atoms with E-state index in [1.165, 1.54) is 12.1 Å². The summed E-state index contributed by atoms with van der Waals surface area (Å²) in [5.41, 5.74) is 13.6. The van der Waals surface area contributed by atoms with Crippen molar-refractivity contribution in [3.05, 3.63) is 35.5 Å². The SMILES string of the molecule is Nc1ncc(CN2CCc3cc(OC(F)(F)F)ccc32)c(N)n1. The van der Waals surface area contributed by atoms with Crippen molar-refractivity contribution < 1.29 is 17.9 Å². The molecule has 0 aliphatic carbocycles. The van der Waals surface area contributed by atoms with Crippen LogP contribution in [0.5, 0.6) is 5.75 Å². The van der Waals surface area contributed by atoms with Crippen molar-refractivity contribution >= 4 is 17.5 Å². The average molecular weight is 325 g/mol. The summed E-state index contributed by atoms with van der Waals surface area (Å²) in [5.74, 6) is 0.179. The zero-order valence-electron chi connectivity index (χ0n) is 12.0. The van der Waals surface area contributed by atoms with Crippen LogP contribution in [0.25, 0.3) is 0 Å². The molecule has 0 spiro atoms. The summed E-state index contributed by atoms with van der Waals surface area (Å²) in [4.78, 5) is 9.80. The Bertz CT molecular complexity index is 735. The number of nitrogens with zero attached hydrogens (tertiary/aromatic N) is 3. The molecule has 2 heterocycles. The lowest BCUT2D eigenvalue weighted by atomic mass is 10.1. The van der Waals surface area contributed by atoms with Crippen LogP contribution in [0.1, 0.15) is 11.1 Å². The lowest BCUT2D eigenvalue weighted by Crippen LogP contribution is -2.21. The first kappa shape index (κ1) is 15.2. The molecular weight excluding hydrogens is 311 g/mol. The van der Waals surface area contributed by atoms with Crippen molar-refractivity contribution in [2.45, 2.75) is 19.3 Å². The normalized spacial score (nSPS) is 14.0. The number of aromatic nitrogens is 2. The quantitative estimate of drug-likeness (QED) is 0.898. The van der Waals surface area contributed by atoms with Crippen LogP contribution < -0.4 is 21.1 Å². The third-order valence-corrected chi connectivity index (χ3v) is 3.55. The third-order valence-electron chi connectivity index (χ3n) is 3.55. The molecule has 9 heteroatoms. The van der Waals surface area contributed by atoms with Crippen LogP contribution in [-0.4, -0.2) is 22.9 Å². The maximum absolute atomic E-state index is 12.3. The highest BCUT2D eigenvalue weighted by atomic mass is 19.4. The summed E-state index contributed by atoms with van der Waals surface area (Å²) < 4.78 is 40.7. The van der Waals surface area contributed by atoms with Crippen molar-refractivity contribution in [3.63, 3.8) is 0 Å². The molecule has 1 aromatic carbocycles. The van der Waals surface area contributed by atoms with E-state index in [9.17, 15) is 13.2 Å². The molecule has 3 rings (SSSR count). The number of ether oxygens (including phenoxy) is 1. The number of anilines is 3.